The molecule has 0 unspecified atom stereocenters. The van der Waals surface area contributed by atoms with Crippen LogP contribution < -0.4 is 0 Å². The quantitative estimate of drug-likeness (QED) is 0.330. The van der Waals surface area contributed by atoms with Gasteiger partial charge in [-0.3, -0.25) is 0 Å². The Kier molecular flexibility index (Phi) is 8.08. The highest BCUT2D eigenvalue weighted by Gasteiger charge is 2.50. The van der Waals surface area contributed by atoms with Gasteiger partial charge in [-0.1, -0.05) is 55.8 Å². The summed E-state index contributed by atoms with van der Waals surface area (Å²) in [4.78, 5) is 0. The summed E-state index contributed by atoms with van der Waals surface area (Å²) in [5, 5.41) is 20.8. The van der Waals surface area contributed by atoms with Gasteiger partial charge >= 0.3 is 7.12 Å². The number of hydrogen-bond acceptors (Lipinski definition) is 4. The van der Waals surface area contributed by atoms with Crippen LogP contribution >= 0.6 is 0 Å². The zero-order valence-corrected chi connectivity index (χ0v) is 21.3. The Labute approximate surface area is 195 Å². The van der Waals surface area contributed by atoms with Crippen LogP contribution in [0.1, 0.15) is 75.2 Å². The third-order valence-electron chi connectivity index (χ3n) is 6.66. The smallest absolute Gasteiger partial charge is 0.400 e. The summed E-state index contributed by atoms with van der Waals surface area (Å²) < 4.78 is 11.9. The Morgan fingerprint density at radius 2 is 1.50 bits per heavy atom. The van der Waals surface area contributed by atoms with Gasteiger partial charge in [0.25, 0.3) is 0 Å². The molecule has 0 bridgehead atoms. The van der Waals surface area contributed by atoms with Crippen molar-refractivity contribution in [3.05, 3.63) is 64.9 Å². The third kappa shape index (κ3) is 6.70. The second kappa shape index (κ2) is 9.71. The topological polar surface area (TPSA) is 58.9 Å². The minimum Gasteiger partial charge on any atom is -0.400 e. The van der Waals surface area contributed by atoms with E-state index in [1.165, 1.54) is 0 Å². The molecule has 0 aromatic rings. The summed E-state index contributed by atoms with van der Waals surface area (Å²) in [6.07, 6.45) is 12.4. The van der Waals surface area contributed by atoms with Gasteiger partial charge in [-0.25, -0.2) is 0 Å². The molecule has 1 saturated carbocycles. The number of aliphatic hydroxyl groups is 2. The SMILES string of the molecule is C\C(C=C=C1C(C)(C)C[C@H](O)C[C@@]1(C)O)=C/C=C/C(C)=C/C=C/B1OC(C)(C)C(C)(C)O1. The molecule has 1 aliphatic heterocycles. The molecule has 0 radical (unpaired) electrons. The fraction of sp³-hybridized carbons (Fsp3) is 0.593. The van der Waals surface area contributed by atoms with Crippen LogP contribution in [0.2, 0.25) is 0 Å². The Morgan fingerprint density at radius 3 is 2.06 bits per heavy atom. The van der Waals surface area contributed by atoms with Gasteiger partial charge < -0.3 is 19.5 Å². The maximum absolute atomic E-state index is 10.8. The maximum Gasteiger partial charge on any atom is 0.487 e. The average Bonchev–Trinajstić information content (AvgIpc) is 2.79. The Morgan fingerprint density at radius 1 is 0.938 bits per heavy atom. The second-order valence-electron chi connectivity index (χ2n) is 11.1. The van der Waals surface area contributed by atoms with Crippen molar-refractivity contribution in [3.63, 3.8) is 0 Å². The molecule has 2 fully saturated rings. The monoisotopic (exact) mass is 440 g/mol. The van der Waals surface area contributed by atoms with Crippen LogP contribution in [0.25, 0.3) is 0 Å². The van der Waals surface area contributed by atoms with Crippen molar-refractivity contribution in [1.82, 2.24) is 0 Å². The van der Waals surface area contributed by atoms with Crippen molar-refractivity contribution in [3.8, 4) is 0 Å². The van der Waals surface area contributed by atoms with Crippen LogP contribution in [0, 0.1) is 5.41 Å². The summed E-state index contributed by atoms with van der Waals surface area (Å²) in [6.45, 7) is 18.1. The van der Waals surface area contributed by atoms with Crippen LogP contribution in [0.4, 0.5) is 0 Å². The summed E-state index contributed by atoms with van der Waals surface area (Å²) in [5.41, 5.74) is 4.30. The van der Waals surface area contributed by atoms with E-state index in [4.69, 9.17) is 9.31 Å². The van der Waals surface area contributed by atoms with Gasteiger partial charge in [0, 0.05) is 12.0 Å². The lowest BCUT2D eigenvalue weighted by molar-refractivity contribution is -0.0268. The minimum absolute atomic E-state index is 0.295. The molecule has 2 N–H and O–H groups in total. The lowest BCUT2D eigenvalue weighted by atomic mass is 9.65. The molecule has 4 nitrogen and oxygen atoms in total. The first-order valence-corrected chi connectivity index (χ1v) is 11.5. The summed E-state index contributed by atoms with van der Waals surface area (Å²) >= 11 is 0. The summed E-state index contributed by atoms with van der Waals surface area (Å²) in [6, 6.07) is 0. The molecule has 1 heterocycles. The molecular weight excluding hydrogens is 399 g/mol. The Balaban J connectivity index is 2.03. The van der Waals surface area contributed by atoms with E-state index in [9.17, 15) is 10.2 Å². The van der Waals surface area contributed by atoms with Gasteiger partial charge in [0.1, 0.15) is 0 Å². The molecule has 1 saturated heterocycles. The highest BCUT2D eigenvalue weighted by Crippen LogP contribution is 2.45. The van der Waals surface area contributed by atoms with Crippen molar-refractivity contribution >= 4 is 7.12 Å². The van der Waals surface area contributed by atoms with Crippen molar-refractivity contribution in [2.24, 2.45) is 5.41 Å². The highest BCUT2D eigenvalue weighted by atomic mass is 16.7. The van der Waals surface area contributed by atoms with E-state index in [1.54, 1.807) is 6.92 Å². The molecule has 0 aromatic carbocycles. The van der Waals surface area contributed by atoms with Crippen molar-refractivity contribution in [2.75, 3.05) is 0 Å². The van der Waals surface area contributed by atoms with Gasteiger partial charge in [-0.05, 0) is 72.0 Å². The molecule has 2 aliphatic rings. The van der Waals surface area contributed by atoms with Crippen LogP contribution in [0.5, 0.6) is 0 Å². The molecule has 0 amide bonds. The summed E-state index contributed by atoms with van der Waals surface area (Å²) in [7, 11) is -0.337. The lowest BCUT2D eigenvalue weighted by Crippen LogP contribution is -2.45. The second-order valence-corrected chi connectivity index (χ2v) is 11.1. The van der Waals surface area contributed by atoms with Gasteiger partial charge in [-0.2, -0.15) is 0 Å². The third-order valence-corrected chi connectivity index (χ3v) is 6.66. The first kappa shape index (κ1) is 26.6. The molecule has 0 spiro atoms. The predicted octanol–water partition coefficient (Wildman–Crippen LogP) is 5.64. The van der Waals surface area contributed by atoms with E-state index in [0.29, 0.717) is 12.8 Å². The van der Waals surface area contributed by atoms with E-state index in [-0.39, 0.29) is 23.7 Å². The van der Waals surface area contributed by atoms with Crippen LogP contribution in [0.15, 0.2) is 64.9 Å². The number of aliphatic hydroxyl groups excluding tert-OH is 1. The molecule has 32 heavy (non-hydrogen) atoms. The Bertz CT molecular complexity index is 841. The number of allylic oxidation sites excluding steroid dienone is 7. The average molecular weight is 440 g/mol. The molecule has 2 rings (SSSR count). The van der Waals surface area contributed by atoms with Crippen LogP contribution in [-0.4, -0.2) is 40.2 Å². The zero-order chi connectivity index (χ0) is 24.4. The van der Waals surface area contributed by atoms with E-state index in [1.807, 2.05) is 97.8 Å². The van der Waals surface area contributed by atoms with Crippen molar-refractivity contribution in [1.29, 1.82) is 0 Å². The minimum atomic E-state index is -1.05. The predicted molar refractivity (Wildman–Crippen MR) is 133 cm³/mol. The molecule has 0 aromatic heterocycles. The normalized spacial score (nSPS) is 30.3. The molecule has 5 heteroatoms. The Hall–Kier alpha value is -1.62. The van der Waals surface area contributed by atoms with Gasteiger partial charge in [-0.15, -0.1) is 5.73 Å². The van der Waals surface area contributed by atoms with Gasteiger partial charge in [0.05, 0.1) is 22.9 Å². The lowest BCUT2D eigenvalue weighted by Gasteiger charge is -2.43. The zero-order valence-electron chi connectivity index (χ0n) is 21.3. The van der Waals surface area contributed by atoms with Crippen molar-refractivity contribution < 1.29 is 19.5 Å². The first-order chi connectivity index (χ1) is 14.6. The maximum atomic E-state index is 10.8. The number of hydrogen-bond donors (Lipinski definition) is 2. The molecule has 1 aliphatic carbocycles. The standard InChI is InChI=1S/C27H41BO4/c1-20(14-11-17-28-31-25(5,6)26(7,8)32-28)12-10-13-21(2)15-16-23-24(3,4)18-22(29)19-27(23,9)30/h10-15,17,22,29-30H,18-19H2,1-9H3/b12-10+,17-11+,20-14+,21-13+/t16?,22-,27+/m0/s1. The largest absolute Gasteiger partial charge is 0.487 e. The molecular formula is C27H41BO4. The van der Waals surface area contributed by atoms with E-state index in [2.05, 4.69) is 5.73 Å². The summed E-state index contributed by atoms with van der Waals surface area (Å²) in [5.74, 6) is 1.93. The highest BCUT2D eigenvalue weighted by molar-refractivity contribution is 6.51. The molecule has 176 valence electrons. The van der Waals surface area contributed by atoms with E-state index >= 15 is 0 Å². The van der Waals surface area contributed by atoms with Gasteiger partial charge in [0.2, 0.25) is 0 Å². The van der Waals surface area contributed by atoms with E-state index in [0.717, 1.165) is 16.7 Å². The van der Waals surface area contributed by atoms with Crippen LogP contribution in [-0.2, 0) is 9.31 Å². The van der Waals surface area contributed by atoms with E-state index < -0.39 is 11.7 Å². The van der Waals surface area contributed by atoms with Crippen molar-refractivity contribution in [2.45, 2.75) is 98.1 Å². The number of rotatable bonds is 5. The first-order valence-electron chi connectivity index (χ1n) is 11.5. The fourth-order valence-corrected chi connectivity index (χ4v) is 4.31. The van der Waals surface area contributed by atoms with Crippen LogP contribution in [0.3, 0.4) is 0 Å². The van der Waals surface area contributed by atoms with Gasteiger partial charge in [0.15, 0.2) is 0 Å². The fourth-order valence-electron chi connectivity index (χ4n) is 4.31. The molecule has 2 atom stereocenters.